The lowest BCUT2D eigenvalue weighted by molar-refractivity contribution is 0.505. The number of nitrogens with one attached hydrogen (secondary N) is 1. The minimum absolute atomic E-state index is 0.0174. The summed E-state index contributed by atoms with van der Waals surface area (Å²) in [6, 6.07) is 2.01. The lowest BCUT2D eigenvalue weighted by Crippen LogP contribution is -2.11. The summed E-state index contributed by atoms with van der Waals surface area (Å²) >= 11 is 0. The summed E-state index contributed by atoms with van der Waals surface area (Å²) in [6.07, 6.45) is 0. The van der Waals surface area contributed by atoms with Crippen LogP contribution in [0, 0.1) is 17.5 Å². The van der Waals surface area contributed by atoms with Gasteiger partial charge in [-0.25, -0.2) is 13.2 Å². The van der Waals surface area contributed by atoms with Crippen LogP contribution in [0.5, 0.6) is 0 Å². The number of hydrogen-bond acceptors (Lipinski definition) is 0. The molecule has 0 radical (unpaired) electrons. The predicted octanol–water partition coefficient (Wildman–Crippen LogP) is 3.88. The van der Waals surface area contributed by atoms with Gasteiger partial charge in [0.25, 0.3) is 0 Å². The van der Waals surface area contributed by atoms with E-state index in [1.54, 1.807) is 0 Å². The normalized spacial score (nSPS) is 12.4. The van der Waals surface area contributed by atoms with Crippen LogP contribution in [0.25, 0.3) is 10.9 Å². The summed E-state index contributed by atoms with van der Waals surface area (Å²) < 4.78 is 39.8. The van der Waals surface area contributed by atoms with Gasteiger partial charge >= 0.3 is 0 Å². The van der Waals surface area contributed by atoms with E-state index < -0.39 is 17.5 Å². The Hall–Kier alpha value is -1.45. The molecule has 0 bridgehead atoms. The second kappa shape index (κ2) is 3.27. The minimum atomic E-state index is -1.16. The van der Waals surface area contributed by atoms with Crippen molar-refractivity contribution in [2.75, 3.05) is 0 Å². The maximum atomic E-state index is 13.4. The molecule has 0 unspecified atom stereocenters. The highest BCUT2D eigenvalue weighted by Crippen LogP contribution is 2.29. The summed E-state index contributed by atoms with van der Waals surface area (Å²) in [4.78, 5) is 2.79. The second-order valence-electron chi connectivity index (χ2n) is 4.88. The molecule has 2 aromatic rings. The van der Waals surface area contributed by atoms with Gasteiger partial charge in [-0.15, -0.1) is 0 Å². The Balaban J connectivity index is 2.80. The molecule has 0 saturated heterocycles. The Morgan fingerprint density at radius 3 is 2.19 bits per heavy atom. The molecule has 0 atom stereocenters. The molecule has 0 spiro atoms. The Morgan fingerprint density at radius 1 is 1.00 bits per heavy atom. The molecule has 0 saturated carbocycles. The first kappa shape index (κ1) is 11.0. The standard InChI is InChI=1S/C12H12F3N/c1-12(2,3)9-4-6-10(15)7(13)5-8(14)11(6)16-9/h4-5,16H,1-3H3. The zero-order valence-electron chi connectivity index (χ0n) is 9.29. The number of H-pyrrole nitrogens is 1. The summed E-state index contributed by atoms with van der Waals surface area (Å²) in [5.74, 6) is -2.95. The van der Waals surface area contributed by atoms with E-state index in [9.17, 15) is 13.2 Å². The van der Waals surface area contributed by atoms with E-state index in [-0.39, 0.29) is 16.3 Å². The lowest BCUT2D eigenvalue weighted by atomic mass is 9.92. The molecule has 0 amide bonds. The average molecular weight is 227 g/mol. The Kier molecular flexibility index (Phi) is 2.26. The summed E-state index contributed by atoms with van der Waals surface area (Å²) in [5, 5.41) is -0.0394. The molecular formula is C12H12F3N. The fraction of sp³-hybridized carbons (Fsp3) is 0.333. The van der Waals surface area contributed by atoms with Gasteiger partial charge in [-0.1, -0.05) is 20.8 Å². The highest BCUT2D eigenvalue weighted by atomic mass is 19.2. The Labute approximate surface area is 91.3 Å². The molecule has 4 heteroatoms. The molecular weight excluding hydrogens is 215 g/mol. The fourth-order valence-corrected chi connectivity index (χ4v) is 1.60. The molecule has 1 aromatic heterocycles. The van der Waals surface area contributed by atoms with Gasteiger partial charge in [-0.3, -0.25) is 0 Å². The molecule has 1 N–H and O–H groups in total. The van der Waals surface area contributed by atoms with Crippen molar-refractivity contribution in [1.82, 2.24) is 4.98 Å². The number of aromatic amines is 1. The van der Waals surface area contributed by atoms with Crippen LogP contribution >= 0.6 is 0 Å². The zero-order valence-corrected chi connectivity index (χ0v) is 9.29. The third-order valence-electron chi connectivity index (χ3n) is 2.56. The van der Waals surface area contributed by atoms with Crippen molar-refractivity contribution < 1.29 is 13.2 Å². The highest BCUT2D eigenvalue weighted by molar-refractivity contribution is 5.82. The molecule has 1 heterocycles. The number of rotatable bonds is 0. The number of hydrogen-bond donors (Lipinski definition) is 1. The minimum Gasteiger partial charge on any atom is -0.355 e. The predicted molar refractivity (Wildman–Crippen MR) is 56.9 cm³/mol. The van der Waals surface area contributed by atoms with Crippen molar-refractivity contribution in [2.24, 2.45) is 0 Å². The van der Waals surface area contributed by atoms with Crippen LogP contribution in [0.4, 0.5) is 13.2 Å². The topological polar surface area (TPSA) is 15.8 Å². The number of fused-ring (bicyclic) bond motifs is 1. The van der Waals surface area contributed by atoms with E-state index in [1.165, 1.54) is 6.07 Å². The largest absolute Gasteiger partial charge is 0.355 e. The van der Waals surface area contributed by atoms with E-state index in [0.717, 1.165) is 0 Å². The van der Waals surface area contributed by atoms with Gasteiger partial charge in [-0.05, 0) is 6.07 Å². The van der Waals surface area contributed by atoms with Crippen molar-refractivity contribution in [3.8, 4) is 0 Å². The number of benzene rings is 1. The van der Waals surface area contributed by atoms with Crippen LogP contribution in [-0.2, 0) is 5.41 Å². The van der Waals surface area contributed by atoms with Crippen molar-refractivity contribution in [1.29, 1.82) is 0 Å². The van der Waals surface area contributed by atoms with E-state index in [4.69, 9.17) is 0 Å². The van der Waals surface area contributed by atoms with Gasteiger partial charge in [0.05, 0.1) is 5.52 Å². The molecule has 1 nitrogen and oxygen atoms in total. The quantitative estimate of drug-likeness (QED) is 0.657. The Morgan fingerprint density at radius 2 is 1.62 bits per heavy atom. The van der Waals surface area contributed by atoms with Crippen LogP contribution in [-0.4, -0.2) is 4.98 Å². The molecule has 16 heavy (non-hydrogen) atoms. The van der Waals surface area contributed by atoms with Crippen LogP contribution in [0.15, 0.2) is 12.1 Å². The second-order valence-corrected chi connectivity index (χ2v) is 4.88. The maximum Gasteiger partial charge on any atom is 0.168 e. The van der Waals surface area contributed by atoms with E-state index in [2.05, 4.69) is 4.98 Å². The van der Waals surface area contributed by atoms with Gasteiger partial charge in [-0.2, -0.15) is 0 Å². The summed E-state index contributed by atoms with van der Waals surface area (Å²) in [6.45, 7) is 5.72. The van der Waals surface area contributed by atoms with Gasteiger partial charge in [0.1, 0.15) is 5.82 Å². The van der Waals surface area contributed by atoms with Gasteiger partial charge < -0.3 is 4.98 Å². The molecule has 1 aromatic carbocycles. The third kappa shape index (κ3) is 1.58. The van der Waals surface area contributed by atoms with Crippen molar-refractivity contribution in [2.45, 2.75) is 26.2 Å². The molecule has 0 aliphatic carbocycles. The van der Waals surface area contributed by atoms with E-state index in [0.29, 0.717) is 11.8 Å². The smallest absolute Gasteiger partial charge is 0.168 e. The first-order valence-corrected chi connectivity index (χ1v) is 4.97. The Bertz CT molecular complexity index is 549. The monoisotopic (exact) mass is 227 g/mol. The molecule has 2 rings (SSSR count). The summed E-state index contributed by atoms with van der Waals surface area (Å²) in [5.41, 5.74) is 0.420. The van der Waals surface area contributed by atoms with Crippen LogP contribution < -0.4 is 0 Å². The summed E-state index contributed by atoms with van der Waals surface area (Å²) in [7, 11) is 0. The first-order chi connectivity index (χ1) is 7.30. The molecule has 86 valence electrons. The average Bonchev–Trinajstić information content (AvgIpc) is 2.58. The highest BCUT2D eigenvalue weighted by Gasteiger charge is 2.20. The van der Waals surface area contributed by atoms with Crippen LogP contribution in [0.2, 0.25) is 0 Å². The zero-order chi connectivity index (χ0) is 12.1. The lowest BCUT2D eigenvalue weighted by Gasteiger charge is -2.15. The number of aromatic nitrogens is 1. The SMILES string of the molecule is CC(C)(C)c1cc2c(F)c(F)cc(F)c2[nH]1. The van der Waals surface area contributed by atoms with Crippen LogP contribution in [0.3, 0.4) is 0 Å². The van der Waals surface area contributed by atoms with E-state index >= 15 is 0 Å². The van der Waals surface area contributed by atoms with Gasteiger partial charge in [0.2, 0.25) is 0 Å². The third-order valence-corrected chi connectivity index (χ3v) is 2.56. The van der Waals surface area contributed by atoms with Crippen molar-refractivity contribution in [3.05, 3.63) is 35.3 Å². The maximum absolute atomic E-state index is 13.4. The fourth-order valence-electron chi connectivity index (χ4n) is 1.60. The molecule has 0 fully saturated rings. The van der Waals surface area contributed by atoms with Crippen molar-refractivity contribution >= 4 is 10.9 Å². The number of halogens is 3. The van der Waals surface area contributed by atoms with Gasteiger partial charge in [0.15, 0.2) is 11.6 Å². The molecule has 0 aliphatic rings. The van der Waals surface area contributed by atoms with E-state index in [1.807, 2.05) is 20.8 Å². The first-order valence-electron chi connectivity index (χ1n) is 4.97. The van der Waals surface area contributed by atoms with Crippen molar-refractivity contribution in [3.63, 3.8) is 0 Å². The van der Waals surface area contributed by atoms with Gasteiger partial charge in [0, 0.05) is 22.6 Å². The molecule has 0 aliphatic heterocycles. The van der Waals surface area contributed by atoms with Crippen LogP contribution in [0.1, 0.15) is 26.5 Å².